The summed E-state index contributed by atoms with van der Waals surface area (Å²) in [6, 6.07) is 11.9. The minimum absolute atomic E-state index is 0. The van der Waals surface area contributed by atoms with Gasteiger partial charge in [0.2, 0.25) is 0 Å². The molecule has 0 bridgehead atoms. The van der Waals surface area contributed by atoms with Crippen LogP contribution in [0, 0.1) is 0 Å². The lowest BCUT2D eigenvalue weighted by Gasteiger charge is -2.18. The quantitative estimate of drug-likeness (QED) is 0.616. The standard InChI is InChI=1S/C16H22N2O2.ClH/c1-3-19-15(17-11-7-5-8-12-17)16(20-4-2)18-13-9-6-10-14-18;/h5-16H,3-4H2,1-2H3;1H/q+2;/p-1. The molecule has 0 saturated heterocycles. The van der Waals surface area contributed by atoms with E-state index in [2.05, 4.69) is 0 Å². The summed E-state index contributed by atoms with van der Waals surface area (Å²) in [6.45, 7) is 5.25. The Morgan fingerprint density at radius 1 is 0.667 bits per heavy atom. The molecule has 0 fully saturated rings. The topological polar surface area (TPSA) is 26.2 Å². The predicted octanol–water partition coefficient (Wildman–Crippen LogP) is -0.964. The van der Waals surface area contributed by atoms with Crippen molar-refractivity contribution in [2.24, 2.45) is 0 Å². The Morgan fingerprint density at radius 2 is 1.00 bits per heavy atom. The van der Waals surface area contributed by atoms with E-state index in [0.29, 0.717) is 13.2 Å². The molecule has 0 N–H and O–H groups in total. The number of rotatable bonds is 7. The van der Waals surface area contributed by atoms with E-state index in [1.165, 1.54) is 0 Å². The van der Waals surface area contributed by atoms with Gasteiger partial charge >= 0.3 is 12.5 Å². The molecule has 2 unspecified atom stereocenters. The van der Waals surface area contributed by atoms with Crippen molar-refractivity contribution in [3.63, 3.8) is 0 Å². The zero-order valence-corrected chi connectivity index (χ0v) is 13.2. The predicted molar refractivity (Wildman–Crippen MR) is 74.6 cm³/mol. The fourth-order valence-electron chi connectivity index (χ4n) is 2.14. The van der Waals surface area contributed by atoms with Gasteiger partial charge in [-0.05, 0) is 13.8 Å². The SMILES string of the molecule is CCOC(C(OCC)[n+]1ccccc1)[n+]1ccccc1.[Cl-]. The van der Waals surface area contributed by atoms with Gasteiger partial charge in [-0.25, -0.2) is 0 Å². The smallest absolute Gasteiger partial charge is 0.353 e. The van der Waals surface area contributed by atoms with E-state index in [4.69, 9.17) is 9.47 Å². The number of nitrogens with zero attached hydrogens (tertiary/aromatic N) is 2. The lowest BCUT2D eigenvalue weighted by Crippen LogP contribution is -3.00. The van der Waals surface area contributed by atoms with Gasteiger partial charge in [0.1, 0.15) is 0 Å². The number of hydrogen-bond donors (Lipinski definition) is 0. The van der Waals surface area contributed by atoms with Crippen LogP contribution in [0.2, 0.25) is 0 Å². The van der Waals surface area contributed by atoms with E-state index in [9.17, 15) is 0 Å². The highest BCUT2D eigenvalue weighted by molar-refractivity contribution is 4.85. The molecule has 21 heavy (non-hydrogen) atoms. The third-order valence-corrected chi connectivity index (χ3v) is 2.98. The summed E-state index contributed by atoms with van der Waals surface area (Å²) in [5.41, 5.74) is 0. The van der Waals surface area contributed by atoms with Gasteiger partial charge < -0.3 is 21.9 Å². The van der Waals surface area contributed by atoms with Crippen molar-refractivity contribution in [3.05, 3.63) is 61.2 Å². The molecule has 2 aromatic heterocycles. The maximum absolute atomic E-state index is 5.91. The summed E-state index contributed by atoms with van der Waals surface area (Å²) >= 11 is 0. The first-order chi connectivity index (χ1) is 9.86. The second-order valence-corrected chi connectivity index (χ2v) is 4.34. The minimum Gasteiger partial charge on any atom is -1.00 e. The summed E-state index contributed by atoms with van der Waals surface area (Å²) in [4.78, 5) is 0. The van der Waals surface area contributed by atoms with E-state index in [1.54, 1.807) is 0 Å². The Morgan fingerprint density at radius 3 is 1.29 bits per heavy atom. The molecule has 0 radical (unpaired) electrons. The van der Waals surface area contributed by atoms with E-state index >= 15 is 0 Å². The highest BCUT2D eigenvalue weighted by Gasteiger charge is 2.38. The van der Waals surface area contributed by atoms with Crippen LogP contribution in [-0.4, -0.2) is 13.2 Å². The Balaban J connectivity index is 0.00000220. The van der Waals surface area contributed by atoms with Gasteiger partial charge in [-0.1, -0.05) is 12.1 Å². The minimum atomic E-state index is -0.200. The average Bonchev–Trinajstić information content (AvgIpc) is 2.52. The molecule has 0 saturated carbocycles. The van der Waals surface area contributed by atoms with Crippen LogP contribution in [0.4, 0.5) is 0 Å². The molecule has 5 heteroatoms. The average molecular weight is 310 g/mol. The van der Waals surface area contributed by atoms with Crippen molar-refractivity contribution in [3.8, 4) is 0 Å². The lowest BCUT2D eigenvalue weighted by molar-refractivity contribution is -0.870. The first-order valence-electron chi connectivity index (χ1n) is 7.01. The summed E-state index contributed by atoms with van der Waals surface area (Å²) in [6.07, 6.45) is 7.58. The van der Waals surface area contributed by atoms with E-state index in [1.807, 2.05) is 84.2 Å². The molecule has 0 amide bonds. The Kier molecular flexibility index (Phi) is 7.90. The number of hydrogen-bond acceptors (Lipinski definition) is 2. The molecule has 114 valence electrons. The van der Waals surface area contributed by atoms with Crippen LogP contribution in [0.5, 0.6) is 0 Å². The van der Waals surface area contributed by atoms with Crippen LogP contribution in [0.15, 0.2) is 61.2 Å². The molecule has 4 nitrogen and oxygen atoms in total. The van der Waals surface area contributed by atoms with Gasteiger partial charge in [0.05, 0.1) is 13.2 Å². The fourth-order valence-corrected chi connectivity index (χ4v) is 2.14. The summed E-state index contributed by atoms with van der Waals surface area (Å²) in [5.74, 6) is 0. The third kappa shape index (κ3) is 4.77. The number of aromatic nitrogens is 2. The lowest BCUT2D eigenvalue weighted by atomic mass is 10.3. The second-order valence-electron chi connectivity index (χ2n) is 4.34. The van der Waals surface area contributed by atoms with Gasteiger partial charge in [0.15, 0.2) is 24.8 Å². The van der Waals surface area contributed by atoms with Crippen molar-refractivity contribution in [1.29, 1.82) is 0 Å². The number of ether oxygens (including phenoxy) is 2. The monoisotopic (exact) mass is 309 g/mol. The van der Waals surface area contributed by atoms with Crippen molar-refractivity contribution < 1.29 is 31.0 Å². The normalized spacial score (nSPS) is 13.2. The molecule has 0 spiro atoms. The molecule has 0 aliphatic heterocycles. The van der Waals surface area contributed by atoms with Crippen molar-refractivity contribution in [2.45, 2.75) is 26.3 Å². The van der Waals surface area contributed by atoms with E-state index in [0.717, 1.165) is 0 Å². The maximum atomic E-state index is 5.91. The van der Waals surface area contributed by atoms with Gasteiger partial charge in [-0.3, -0.25) is 0 Å². The molecular formula is C16H22ClN2O2+. The first-order valence-corrected chi connectivity index (χ1v) is 7.01. The molecule has 2 rings (SSSR count). The third-order valence-electron chi connectivity index (χ3n) is 2.98. The molecular weight excluding hydrogens is 288 g/mol. The van der Waals surface area contributed by atoms with E-state index < -0.39 is 0 Å². The van der Waals surface area contributed by atoms with Crippen molar-refractivity contribution >= 4 is 0 Å². The van der Waals surface area contributed by atoms with Crippen LogP contribution in [-0.2, 0) is 9.47 Å². The first kappa shape index (κ1) is 17.6. The summed E-state index contributed by atoms with van der Waals surface area (Å²) in [5, 5.41) is 0. The highest BCUT2D eigenvalue weighted by Crippen LogP contribution is 2.15. The maximum Gasteiger partial charge on any atom is 0.353 e. The molecule has 2 heterocycles. The van der Waals surface area contributed by atoms with Crippen LogP contribution in [0.3, 0.4) is 0 Å². The zero-order chi connectivity index (χ0) is 14.2. The fraction of sp³-hybridized carbons (Fsp3) is 0.375. The van der Waals surface area contributed by atoms with Crippen LogP contribution < -0.4 is 21.5 Å². The summed E-state index contributed by atoms with van der Waals surface area (Å²) in [7, 11) is 0. The van der Waals surface area contributed by atoms with Crippen molar-refractivity contribution in [2.75, 3.05) is 13.2 Å². The van der Waals surface area contributed by atoms with Crippen LogP contribution >= 0.6 is 0 Å². The zero-order valence-electron chi connectivity index (χ0n) is 12.4. The second kappa shape index (κ2) is 9.45. The number of halogens is 1. The largest absolute Gasteiger partial charge is 1.00 e. The van der Waals surface area contributed by atoms with Gasteiger partial charge in [0.25, 0.3) is 0 Å². The molecule has 2 atom stereocenters. The highest BCUT2D eigenvalue weighted by atomic mass is 35.5. The molecule has 0 aliphatic rings. The Bertz CT molecular complexity index is 449. The molecule has 2 aromatic rings. The van der Waals surface area contributed by atoms with Gasteiger partial charge in [-0.2, -0.15) is 9.13 Å². The van der Waals surface area contributed by atoms with Crippen LogP contribution in [0.25, 0.3) is 0 Å². The van der Waals surface area contributed by atoms with Crippen molar-refractivity contribution in [1.82, 2.24) is 0 Å². The van der Waals surface area contributed by atoms with Crippen LogP contribution in [0.1, 0.15) is 26.3 Å². The number of pyridine rings is 2. The molecule has 0 aliphatic carbocycles. The summed E-state index contributed by atoms with van der Waals surface area (Å²) < 4.78 is 15.9. The Hall–Kier alpha value is -1.49. The van der Waals surface area contributed by atoms with Gasteiger partial charge in [-0.15, -0.1) is 0 Å². The Labute approximate surface area is 132 Å². The van der Waals surface area contributed by atoms with Gasteiger partial charge in [0, 0.05) is 24.3 Å². The molecule has 0 aromatic carbocycles. The van der Waals surface area contributed by atoms with E-state index in [-0.39, 0.29) is 24.9 Å².